The Kier molecular flexibility index (Phi) is 4.38. The first kappa shape index (κ1) is 16.7. The van der Waals surface area contributed by atoms with Gasteiger partial charge in [0, 0.05) is 17.2 Å². The van der Waals surface area contributed by atoms with Crippen LogP contribution >= 0.6 is 11.8 Å². The summed E-state index contributed by atoms with van der Waals surface area (Å²) in [6.07, 6.45) is 0.384. The number of hydrogen-bond acceptors (Lipinski definition) is 6. The van der Waals surface area contributed by atoms with Crippen molar-refractivity contribution in [3.05, 3.63) is 54.1 Å². The highest BCUT2D eigenvalue weighted by molar-refractivity contribution is 7.99. The van der Waals surface area contributed by atoms with Crippen molar-refractivity contribution in [2.24, 2.45) is 0 Å². The summed E-state index contributed by atoms with van der Waals surface area (Å²) in [6, 6.07) is 15.3. The fourth-order valence-corrected chi connectivity index (χ4v) is 3.97. The molecule has 1 aliphatic heterocycles. The van der Waals surface area contributed by atoms with Crippen molar-refractivity contribution >= 4 is 17.7 Å². The van der Waals surface area contributed by atoms with Gasteiger partial charge in [0.15, 0.2) is 11.0 Å². The summed E-state index contributed by atoms with van der Waals surface area (Å²) in [4.78, 5) is 17.1. The van der Waals surface area contributed by atoms with E-state index in [1.165, 1.54) is 4.68 Å². The van der Waals surface area contributed by atoms with Crippen LogP contribution in [0, 0.1) is 0 Å². The molecule has 2 heterocycles. The number of methoxy groups -OCH3 is 2. The third-order valence-corrected chi connectivity index (χ3v) is 5.46. The molecule has 0 aliphatic carbocycles. The van der Waals surface area contributed by atoms with Gasteiger partial charge in [-0.2, -0.15) is 4.68 Å². The molecule has 1 atom stereocenters. The minimum absolute atomic E-state index is 0.0221. The Labute approximate surface area is 155 Å². The van der Waals surface area contributed by atoms with Crippen LogP contribution in [0.25, 0.3) is 11.4 Å². The molecule has 2 aromatic carbocycles. The van der Waals surface area contributed by atoms with Gasteiger partial charge in [0.25, 0.3) is 5.91 Å². The molecule has 1 unspecified atom stereocenters. The molecule has 132 valence electrons. The van der Waals surface area contributed by atoms with E-state index >= 15 is 0 Å². The highest BCUT2D eigenvalue weighted by atomic mass is 32.2. The molecule has 0 fully saturated rings. The first-order chi connectivity index (χ1) is 12.7. The molecular formula is C19H17N3O3S. The number of rotatable bonds is 4. The van der Waals surface area contributed by atoms with Gasteiger partial charge in [0.05, 0.1) is 14.2 Å². The second kappa shape index (κ2) is 6.84. The molecule has 3 aromatic rings. The smallest absolute Gasteiger partial charge is 0.250 e. The predicted octanol–water partition coefficient (Wildman–Crippen LogP) is 3.84. The van der Waals surface area contributed by atoms with E-state index in [1.807, 2.05) is 48.5 Å². The highest BCUT2D eigenvalue weighted by Gasteiger charge is 2.30. The van der Waals surface area contributed by atoms with Crippen molar-refractivity contribution in [2.75, 3.05) is 14.2 Å². The number of nitrogens with zero attached hydrogens (tertiary/aromatic N) is 3. The molecule has 6 nitrogen and oxygen atoms in total. The molecule has 0 saturated carbocycles. The standard InChI is InChI=1S/C19H17N3O3S/c1-24-14-7-3-12(4-8-14)16-11-17(23)22-19(26-16)20-18(21-22)13-5-9-15(25-2)10-6-13/h3-10,16H,11H2,1-2H3. The van der Waals surface area contributed by atoms with Crippen LogP contribution < -0.4 is 9.47 Å². The summed E-state index contributed by atoms with van der Waals surface area (Å²) in [5.41, 5.74) is 1.92. The topological polar surface area (TPSA) is 66.2 Å². The molecule has 0 amide bonds. The number of carbonyl (C=O) groups excluding carboxylic acids is 1. The van der Waals surface area contributed by atoms with Crippen molar-refractivity contribution in [3.63, 3.8) is 0 Å². The SMILES string of the molecule is COc1ccc(-c2nc3n(n2)C(=O)CC(c2ccc(OC)cc2)S3)cc1. The summed E-state index contributed by atoms with van der Waals surface area (Å²) in [6.45, 7) is 0. The largest absolute Gasteiger partial charge is 0.497 e. The van der Waals surface area contributed by atoms with Crippen molar-refractivity contribution in [1.82, 2.24) is 14.8 Å². The van der Waals surface area contributed by atoms with Gasteiger partial charge in [-0.1, -0.05) is 23.9 Å². The zero-order valence-corrected chi connectivity index (χ0v) is 15.2. The predicted molar refractivity (Wildman–Crippen MR) is 98.8 cm³/mol. The van der Waals surface area contributed by atoms with Gasteiger partial charge in [0.2, 0.25) is 0 Å². The Hall–Kier alpha value is -2.80. The van der Waals surface area contributed by atoms with Crippen molar-refractivity contribution in [2.45, 2.75) is 16.8 Å². The minimum atomic E-state index is -0.0492. The molecule has 4 rings (SSSR count). The van der Waals surface area contributed by atoms with E-state index in [2.05, 4.69) is 10.1 Å². The average molecular weight is 367 g/mol. The molecule has 1 aromatic heterocycles. The number of aromatic nitrogens is 3. The Bertz CT molecular complexity index is 936. The van der Waals surface area contributed by atoms with Crippen LogP contribution in [0.3, 0.4) is 0 Å². The first-order valence-corrected chi connectivity index (χ1v) is 9.01. The van der Waals surface area contributed by atoms with E-state index in [-0.39, 0.29) is 11.2 Å². The van der Waals surface area contributed by atoms with Gasteiger partial charge < -0.3 is 9.47 Å². The van der Waals surface area contributed by atoms with Crippen LogP contribution in [0.1, 0.15) is 22.0 Å². The average Bonchev–Trinajstić information content (AvgIpc) is 3.13. The van der Waals surface area contributed by atoms with E-state index in [4.69, 9.17) is 9.47 Å². The zero-order valence-electron chi connectivity index (χ0n) is 14.4. The van der Waals surface area contributed by atoms with E-state index in [1.54, 1.807) is 26.0 Å². The van der Waals surface area contributed by atoms with Crippen LogP contribution in [0.4, 0.5) is 0 Å². The van der Waals surface area contributed by atoms with E-state index in [0.29, 0.717) is 17.4 Å². The normalized spacial score (nSPS) is 16.2. The molecular weight excluding hydrogens is 350 g/mol. The molecule has 26 heavy (non-hydrogen) atoms. The summed E-state index contributed by atoms with van der Waals surface area (Å²) in [7, 11) is 3.26. The second-order valence-electron chi connectivity index (χ2n) is 5.84. The van der Waals surface area contributed by atoms with E-state index < -0.39 is 0 Å². The van der Waals surface area contributed by atoms with Crippen LogP contribution in [0.2, 0.25) is 0 Å². The summed E-state index contributed by atoms with van der Waals surface area (Å²) in [5, 5.41) is 5.03. The van der Waals surface area contributed by atoms with E-state index in [9.17, 15) is 4.79 Å². The van der Waals surface area contributed by atoms with Crippen molar-refractivity contribution < 1.29 is 14.3 Å². The molecule has 0 bridgehead atoms. The van der Waals surface area contributed by atoms with Crippen LogP contribution in [-0.4, -0.2) is 34.9 Å². The van der Waals surface area contributed by atoms with E-state index in [0.717, 1.165) is 22.6 Å². The minimum Gasteiger partial charge on any atom is -0.497 e. The third-order valence-electron chi connectivity index (χ3n) is 4.26. The fourth-order valence-electron chi connectivity index (χ4n) is 2.82. The van der Waals surface area contributed by atoms with Crippen LogP contribution in [0.15, 0.2) is 53.7 Å². The number of thioether (sulfide) groups is 1. The third kappa shape index (κ3) is 3.06. The Balaban J connectivity index is 1.61. The Morgan fingerprint density at radius 2 is 1.62 bits per heavy atom. The van der Waals surface area contributed by atoms with Crippen molar-refractivity contribution in [3.8, 4) is 22.9 Å². The number of benzene rings is 2. The lowest BCUT2D eigenvalue weighted by Crippen LogP contribution is -2.20. The molecule has 0 spiro atoms. The first-order valence-electron chi connectivity index (χ1n) is 8.13. The molecule has 0 radical (unpaired) electrons. The second-order valence-corrected chi connectivity index (χ2v) is 7.01. The number of ether oxygens (including phenoxy) is 2. The van der Waals surface area contributed by atoms with Gasteiger partial charge in [-0.15, -0.1) is 5.10 Å². The van der Waals surface area contributed by atoms with Gasteiger partial charge in [-0.05, 0) is 42.0 Å². The number of carbonyl (C=O) groups is 1. The quantitative estimate of drug-likeness (QED) is 0.698. The summed E-state index contributed by atoms with van der Waals surface area (Å²) >= 11 is 1.55. The molecule has 0 saturated heterocycles. The van der Waals surface area contributed by atoms with Crippen molar-refractivity contribution in [1.29, 1.82) is 0 Å². The summed E-state index contributed by atoms with van der Waals surface area (Å²) < 4.78 is 11.8. The zero-order chi connectivity index (χ0) is 18.1. The summed E-state index contributed by atoms with van der Waals surface area (Å²) in [5.74, 6) is 2.05. The molecule has 1 aliphatic rings. The maximum Gasteiger partial charge on any atom is 0.250 e. The van der Waals surface area contributed by atoms with Gasteiger partial charge >= 0.3 is 0 Å². The Morgan fingerprint density at radius 1 is 1.00 bits per heavy atom. The molecule has 0 N–H and O–H groups in total. The monoisotopic (exact) mass is 367 g/mol. The van der Waals surface area contributed by atoms with Crippen LogP contribution in [0.5, 0.6) is 11.5 Å². The lowest BCUT2D eigenvalue weighted by molar-refractivity contribution is 0.0868. The lowest BCUT2D eigenvalue weighted by atomic mass is 10.1. The Morgan fingerprint density at radius 3 is 2.23 bits per heavy atom. The van der Waals surface area contributed by atoms with Gasteiger partial charge in [-0.3, -0.25) is 4.79 Å². The highest BCUT2D eigenvalue weighted by Crippen LogP contribution is 2.41. The lowest BCUT2D eigenvalue weighted by Gasteiger charge is -2.20. The fraction of sp³-hybridized carbons (Fsp3) is 0.211. The molecule has 7 heteroatoms. The number of hydrogen-bond donors (Lipinski definition) is 0. The van der Waals surface area contributed by atoms with Gasteiger partial charge in [0.1, 0.15) is 11.5 Å². The van der Waals surface area contributed by atoms with Gasteiger partial charge in [-0.25, -0.2) is 4.98 Å². The number of fused-ring (bicyclic) bond motifs is 1. The maximum atomic E-state index is 12.5. The maximum absolute atomic E-state index is 12.5. The van der Waals surface area contributed by atoms with Crippen LogP contribution in [-0.2, 0) is 0 Å².